The van der Waals surface area contributed by atoms with E-state index in [0.29, 0.717) is 5.92 Å². The molecule has 0 aromatic heterocycles. The SMILES string of the molecule is c1ccc(N(c2ccc(C3CC4(c5ccc(N(c6ccccc6)c6cccc7ccccc67)cc5)CC3C4)cc2)c2cccc3ccccc23)cc1. The molecule has 3 saturated carbocycles. The lowest BCUT2D eigenvalue weighted by atomic mass is 9.65. The Morgan fingerprint density at radius 2 is 0.788 bits per heavy atom. The predicted molar refractivity (Wildman–Crippen MR) is 219 cm³/mol. The Morgan fingerprint density at radius 1 is 0.365 bits per heavy atom. The smallest absolute Gasteiger partial charge is 0.0540 e. The Hall–Kier alpha value is -6.12. The normalized spacial score (nSPS) is 19.0. The third kappa shape index (κ3) is 5.17. The molecule has 2 bridgehead atoms. The second kappa shape index (κ2) is 12.6. The van der Waals surface area contributed by atoms with Crippen LogP contribution in [-0.4, -0.2) is 0 Å². The third-order valence-corrected chi connectivity index (χ3v) is 11.8. The molecule has 3 fully saturated rings. The van der Waals surface area contributed by atoms with Crippen LogP contribution in [0.2, 0.25) is 0 Å². The minimum absolute atomic E-state index is 0.266. The molecule has 8 aromatic carbocycles. The van der Waals surface area contributed by atoms with Crippen LogP contribution in [0.5, 0.6) is 0 Å². The van der Waals surface area contributed by atoms with Crippen molar-refractivity contribution in [3.8, 4) is 0 Å². The Labute approximate surface area is 306 Å². The van der Waals surface area contributed by atoms with Crippen molar-refractivity contribution in [1.82, 2.24) is 0 Å². The highest BCUT2D eigenvalue weighted by atomic mass is 15.1. The first kappa shape index (κ1) is 30.7. The van der Waals surface area contributed by atoms with E-state index in [-0.39, 0.29) is 5.41 Å². The van der Waals surface area contributed by atoms with Gasteiger partial charge in [-0.15, -0.1) is 0 Å². The number of fused-ring (bicyclic) bond motifs is 3. The Kier molecular flexibility index (Phi) is 7.42. The summed E-state index contributed by atoms with van der Waals surface area (Å²) in [6.45, 7) is 0. The lowest BCUT2D eigenvalue weighted by Gasteiger charge is -2.39. The van der Waals surface area contributed by atoms with Gasteiger partial charge in [-0.25, -0.2) is 0 Å². The fourth-order valence-corrected chi connectivity index (χ4v) is 9.38. The quantitative estimate of drug-likeness (QED) is 0.159. The summed E-state index contributed by atoms with van der Waals surface area (Å²) in [5.41, 5.74) is 10.4. The van der Waals surface area contributed by atoms with Crippen molar-refractivity contribution in [3.63, 3.8) is 0 Å². The van der Waals surface area contributed by atoms with Gasteiger partial charge in [0.15, 0.2) is 0 Å². The van der Waals surface area contributed by atoms with Crippen molar-refractivity contribution in [2.45, 2.75) is 30.6 Å². The monoisotopic (exact) mass is 668 g/mol. The van der Waals surface area contributed by atoms with Crippen LogP contribution in [0.15, 0.2) is 194 Å². The first-order valence-electron chi connectivity index (χ1n) is 18.6. The molecule has 0 radical (unpaired) electrons. The molecule has 8 aromatic rings. The van der Waals surface area contributed by atoms with E-state index in [4.69, 9.17) is 0 Å². The number of hydrogen-bond acceptors (Lipinski definition) is 2. The van der Waals surface area contributed by atoms with Gasteiger partial charge in [0.05, 0.1) is 11.4 Å². The highest BCUT2D eigenvalue weighted by molar-refractivity contribution is 6.00. The van der Waals surface area contributed by atoms with Crippen LogP contribution in [0.3, 0.4) is 0 Å². The molecule has 2 nitrogen and oxygen atoms in total. The molecule has 0 heterocycles. The van der Waals surface area contributed by atoms with Gasteiger partial charge in [-0.2, -0.15) is 0 Å². The van der Waals surface area contributed by atoms with Gasteiger partial charge in [-0.3, -0.25) is 0 Å². The number of nitrogens with zero attached hydrogens (tertiary/aromatic N) is 2. The van der Waals surface area contributed by atoms with E-state index in [9.17, 15) is 0 Å². The van der Waals surface area contributed by atoms with Crippen LogP contribution in [-0.2, 0) is 5.41 Å². The summed E-state index contributed by atoms with van der Waals surface area (Å²) >= 11 is 0. The van der Waals surface area contributed by atoms with E-state index in [2.05, 4.69) is 204 Å². The van der Waals surface area contributed by atoms with E-state index in [0.717, 1.165) is 5.92 Å². The maximum atomic E-state index is 2.42. The maximum absolute atomic E-state index is 2.42. The predicted octanol–water partition coefficient (Wildman–Crippen LogP) is 13.8. The minimum atomic E-state index is 0.266. The van der Waals surface area contributed by atoms with Gasteiger partial charge in [0.25, 0.3) is 0 Å². The van der Waals surface area contributed by atoms with Crippen molar-refractivity contribution < 1.29 is 0 Å². The highest BCUT2D eigenvalue weighted by Crippen LogP contribution is 2.66. The zero-order valence-electron chi connectivity index (χ0n) is 29.1. The van der Waals surface area contributed by atoms with Crippen LogP contribution in [0.4, 0.5) is 34.1 Å². The summed E-state index contributed by atoms with van der Waals surface area (Å²) in [6.07, 6.45) is 3.76. The fourth-order valence-electron chi connectivity index (χ4n) is 9.38. The van der Waals surface area contributed by atoms with Gasteiger partial charge in [-0.05, 0) is 119 Å². The minimum Gasteiger partial charge on any atom is -0.310 e. The number of rotatable bonds is 8. The zero-order chi connectivity index (χ0) is 34.5. The molecular formula is C50H40N2. The van der Waals surface area contributed by atoms with Gasteiger partial charge < -0.3 is 9.80 Å². The van der Waals surface area contributed by atoms with Crippen LogP contribution >= 0.6 is 0 Å². The molecule has 52 heavy (non-hydrogen) atoms. The summed E-state index contributed by atoms with van der Waals surface area (Å²) < 4.78 is 0. The van der Waals surface area contributed by atoms with E-state index < -0.39 is 0 Å². The molecule has 0 spiro atoms. The van der Waals surface area contributed by atoms with Crippen LogP contribution in [0, 0.1) is 5.92 Å². The average Bonchev–Trinajstić information content (AvgIpc) is 3.78. The molecule has 0 aliphatic heterocycles. The molecule has 2 heteroatoms. The fraction of sp³-hybridized carbons (Fsp3) is 0.120. The Bertz CT molecular complexity index is 2490. The Morgan fingerprint density at radius 3 is 1.31 bits per heavy atom. The molecule has 1 unspecified atom stereocenters. The van der Waals surface area contributed by atoms with Gasteiger partial charge >= 0.3 is 0 Å². The molecule has 3 aliphatic carbocycles. The first-order chi connectivity index (χ1) is 25.7. The van der Waals surface area contributed by atoms with Crippen molar-refractivity contribution >= 4 is 55.7 Å². The molecule has 250 valence electrons. The standard InChI is InChI=1S/C50H40N2/c1-3-17-41(18-4-1)51(48-23-11-15-36-13-7-9-21-45(36)48)43-29-25-38(26-30-43)47-35-50(33-39(47)34-50)40-27-31-44(32-28-40)52(42-19-5-2-6-20-42)49-24-12-16-37-14-8-10-22-46(37)49/h1-32,39,47H,33-35H2. The van der Waals surface area contributed by atoms with Crippen molar-refractivity contribution in [2.75, 3.05) is 9.80 Å². The second-order valence-electron chi connectivity index (χ2n) is 14.7. The summed E-state index contributed by atoms with van der Waals surface area (Å²) in [7, 11) is 0. The number of para-hydroxylation sites is 2. The van der Waals surface area contributed by atoms with Gasteiger partial charge in [0.2, 0.25) is 0 Å². The second-order valence-corrected chi connectivity index (χ2v) is 14.7. The molecule has 0 N–H and O–H groups in total. The molecule has 0 amide bonds. The molecule has 0 saturated heterocycles. The highest BCUT2D eigenvalue weighted by Gasteiger charge is 2.56. The van der Waals surface area contributed by atoms with Crippen molar-refractivity contribution in [2.24, 2.45) is 5.92 Å². The zero-order valence-corrected chi connectivity index (χ0v) is 29.1. The van der Waals surface area contributed by atoms with E-state index >= 15 is 0 Å². The first-order valence-corrected chi connectivity index (χ1v) is 18.6. The van der Waals surface area contributed by atoms with E-state index in [1.54, 1.807) is 0 Å². The van der Waals surface area contributed by atoms with Crippen molar-refractivity contribution in [3.05, 3.63) is 205 Å². The Balaban J connectivity index is 0.935. The van der Waals surface area contributed by atoms with Gasteiger partial charge in [-0.1, -0.05) is 133 Å². The molecular weight excluding hydrogens is 629 g/mol. The van der Waals surface area contributed by atoms with Gasteiger partial charge in [0.1, 0.15) is 0 Å². The number of hydrogen-bond donors (Lipinski definition) is 0. The number of anilines is 6. The van der Waals surface area contributed by atoms with Gasteiger partial charge in [0, 0.05) is 33.5 Å². The lowest BCUT2D eigenvalue weighted by molar-refractivity contribution is 0.238. The summed E-state index contributed by atoms with van der Waals surface area (Å²) in [6, 6.07) is 71.1. The largest absolute Gasteiger partial charge is 0.310 e. The van der Waals surface area contributed by atoms with E-state index in [1.807, 2.05) is 0 Å². The van der Waals surface area contributed by atoms with Crippen LogP contribution in [0.25, 0.3) is 21.5 Å². The summed E-state index contributed by atoms with van der Waals surface area (Å²) in [5.74, 6) is 1.33. The maximum Gasteiger partial charge on any atom is 0.0540 e. The van der Waals surface area contributed by atoms with Crippen LogP contribution < -0.4 is 9.80 Å². The molecule has 3 aliphatic rings. The molecule has 11 rings (SSSR count). The topological polar surface area (TPSA) is 6.48 Å². The third-order valence-electron chi connectivity index (χ3n) is 11.8. The molecule has 1 atom stereocenters. The van der Waals surface area contributed by atoms with Crippen molar-refractivity contribution in [1.29, 1.82) is 0 Å². The van der Waals surface area contributed by atoms with E-state index in [1.165, 1.54) is 86.1 Å². The summed E-state index contributed by atoms with van der Waals surface area (Å²) in [4.78, 5) is 4.81. The average molecular weight is 669 g/mol. The summed E-state index contributed by atoms with van der Waals surface area (Å²) in [5, 5.41) is 5.02. The van der Waals surface area contributed by atoms with Crippen LogP contribution in [0.1, 0.15) is 36.3 Å². The number of benzene rings is 8. The lowest BCUT2D eigenvalue weighted by Crippen LogP contribution is -2.32.